The van der Waals surface area contributed by atoms with E-state index in [2.05, 4.69) is 30.4 Å². The maximum atomic E-state index is 9.42. The van der Waals surface area contributed by atoms with Crippen LogP contribution in [0, 0.1) is 6.92 Å². The van der Waals surface area contributed by atoms with Crippen molar-refractivity contribution in [3.8, 4) is 5.75 Å². The molecule has 0 saturated heterocycles. The molecule has 3 heteroatoms. The lowest BCUT2D eigenvalue weighted by molar-refractivity contribution is 0.0766. The zero-order valence-electron chi connectivity index (χ0n) is 10.9. The molecule has 1 aromatic rings. The van der Waals surface area contributed by atoms with Crippen molar-refractivity contribution in [2.45, 2.75) is 44.2 Å². The number of aliphatic hydroxyl groups excluding tert-OH is 1. The van der Waals surface area contributed by atoms with E-state index in [0.29, 0.717) is 0 Å². The van der Waals surface area contributed by atoms with E-state index in [1.165, 1.54) is 17.5 Å². The number of hydrogen-bond donors (Lipinski definition) is 2. The van der Waals surface area contributed by atoms with Crippen molar-refractivity contribution < 1.29 is 9.84 Å². The largest absolute Gasteiger partial charge is 0.488 e. The first-order chi connectivity index (χ1) is 8.71. The minimum Gasteiger partial charge on any atom is -0.488 e. The van der Waals surface area contributed by atoms with Crippen LogP contribution in [0.1, 0.15) is 30.4 Å². The van der Waals surface area contributed by atoms with Gasteiger partial charge >= 0.3 is 0 Å². The SMILES string of the molecule is Cc1ccc2c(c1)CC(CNC1(CO)CCC1)O2. The topological polar surface area (TPSA) is 41.5 Å². The molecule has 1 heterocycles. The number of aliphatic hydroxyl groups is 1. The van der Waals surface area contributed by atoms with Crippen LogP contribution < -0.4 is 10.1 Å². The second kappa shape index (κ2) is 4.56. The number of nitrogens with one attached hydrogen (secondary N) is 1. The molecule has 2 N–H and O–H groups in total. The second-order valence-electron chi connectivity index (χ2n) is 5.73. The lowest BCUT2D eigenvalue weighted by Crippen LogP contribution is -2.56. The van der Waals surface area contributed by atoms with Gasteiger partial charge < -0.3 is 15.2 Å². The van der Waals surface area contributed by atoms with Gasteiger partial charge in [0.1, 0.15) is 11.9 Å². The molecule has 1 fully saturated rings. The zero-order chi connectivity index (χ0) is 12.6. The lowest BCUT2D eigenvalue weighted by Gasteiger charge is -2.41. The molecule has 1 saturated carbocycles. The monoisotopic (exact) mass is 247 g/mol. The number of ether oxygens (including phenoxy) is 1. The fourth-order valence-electron chi connectivity index (χ4n) is 2.89. The summed E-state index contributed by atoms with van der Waals surface area (Å²) in [4.78, 5) is 0. The van der Waals surface area contributed by atoms with Gasteiger partial charge in [0.15, 0.2) is 0 Å². The highest BCUT2D eigenvalue weighted by molar-refractivity contribution is 5.40. The maximum Gasteiger partial charge on any atom is 0.123 e. The molecule has 1 aliphatic heterocycles. The summed E-state index contributed by atoms with van der Waals surface area (Å²) < 4.78 is 5.93. The fraction of sp³-hybridized carbons (Fsp3) is 0.600. The maximum absolute atomic E-state index is 9.42. The molecule has 0 spiro atoms. The van der Waals surface area contributed by atoms with Crippen LogP contribution in [-0.2, 0) is 6.42 Å². The van der Waals surface area contributed by atoms with E-state index >= 15 is 0 Å². The van der Waals surface area contributed by atoms with E-state index < -0.39 is 0 Å². The number of rotatable bonds is 4. The van der Waals surface area contributed by atoms with Crippen molar-refractivity contribution in [1.29, 1.82) is 0 Å². The smallest absolute Gasteiger partial charge is 0.123 e. The summed E-state index contributed by atoms with van der Waals surface area (Å²) in [6.45, 7) is 3.18. The molecule has 98 valence electrons. The first kappa shape index (κ1) is 12.0. The molecule has 0 amide bonds. The summed E-state index contributed by atoms with van der Waals surface area (Å²) in [5.74, 6) is 1.03. The molecule has 3 nitrogen and oxygen atoms in total. The van der Waals surface area contributed by atoms with Gasteiger partial charge in [-0.3, -0.25) is 0 Å². The Hall–Kier alpha value is -1.06. The van der Waals surface area contributed by atoms with Gasteiger partial charge in [0.2, 0.25) is 0 Å². The highest BCUT2D eigenvalue weighted by atomic mass is 16.5. The summed E-state index contributed by atoms with van der Waals surface area (Å²) in [7, 11) is 0. The molecule has 0 bridgehead atoms. The van der Waals surface area contributed by atoms with Crippen molar-refractivity contribution in [2.24, 2.45) is 0 Å². The van der Waals surface area contributed by atoms with Crippen LogP contribution in [0.25, 0.3) is 0 Å². The Morgan fingerprint density at radius 2 is 2.28 bits per heavy atom. The molecule has 18 heavy (non-hydrogen) atoms. The summed E-state index contributed by atoms with van der Waals surface area (Å²) >= 11 is 0. The third kappa shape index (κ3) is 2.13. The molecule has 0 aromatic heterocycles. The van der Waals surface area contributed by atoms with Crippen LogP contribution in [0.5, 0.6) is 5.75 Å². The van der Waals surface area contributed by atoms with E-state index in [9.17, 15) is 5.11 Å². The molecule has 1 atom stereocenters. The molecular formula is C15H21NO2. The Kier molecular flexibility index (Phi) is 3.04. The van der Waals surface area contributed by atoms with Crippen molar-refractivity contribution in [3.05, 3.63) is 29.3 Å². The average Bonchev–Trinajstić information content (AvgIpc) is 2.70. The number of aryl methyl sites for hydroxylation is 1. The van der Waals surface area contributed by atoms with E-state index in [0.717, 1.165) is 31.6 Å². The number of hydrogen-bond acceptors (Lipinski definition) is 3. The van der Waals surface area contributed by atoms with Gasteiger partial charge in [-0.05, 0) is 37.8 Å². The fourth-order valence-corrected chi connectivity index (χ4v) is 2.89. The van der Waals surface area contributed by atoms with Crippen LogP contribution in [0.3, 0.4) is 0 Å². The quantitative estimate of drug-likeness (QED) is 0.852. The number of benzene rings is 1. The second-order valence-corrected chi connectivity index (χ2v) is 5.73. The Labute approximate surface area is 108 Å². The van der Waals surface area contributed by atoms with Crippen molar-refractivity contribution in [3.63, 3.8) is 0 Å². The standard InChI is InChI=1S/C15H21NO2/c1-11-3-4-14-12(7-11)8-13(18-14)9-16-15(10-17)5-2-6-15/h3-4,7,13,16-17H,2,5-6,8-10H2,1H3. The Morgan fingerprint density at radius 3 is 2.94 bits per heavy atom. The van der Waals surface area contributed by atoms with Gasteiger partial charge in [0, 0.05) is 18.5 Å². The summed E-state index contributed by atoms with van der Waals surface area (Å²) in [6, 6.07) is 6.37. The van der Waals surface area contributed by atoms with Crippen molar-refractivity contribution in [2.75, 3.05) is 13.2 Å². The average molecular weight is 247 g/mol. The summed E-state index contributed by atoms with van der Waals surface area (Å²) in [5.41, 5.74) is 2.58. The Balaban J connectivity index is 1.58. The molecule has 1 aliphatic carbocycles. The minimum absolute atomic E-state index is 0.0198. The van der Waals surface area contributed by atoms with Crippen LogP contribution >= 0.6 is 0 Å². The van der Waals surface area contributed by atoms with Gasteiger partial charge in [-0.15, -0.1) is 0 Å². The van der Waals surface area contributed by atoms with Gasteiger partial charge in [-0.2, -0.15) is 0 Å². The Bertz CT molecular complexity index is 435. The van der Waals surface area contributed by atoms with Crippen molar-refractivity contribution >= 4 is 0 Å². The summed E-state index contributed by atoms with van der Waals surface area (Å²) in [5, 5.41) is 12.9. The lowest BCUT2D eigenvalue weighted by atomic mass is 9.77. The zero-order valence-corrected chi connectivity index (χ0v) is 10.9. The summed E-state index contributed by atoms with van der Waals surface area (Å²) in [6.07, 6.45) is 4.58. The first-order valence-electron chi connectivity index (χ1n) is 6.83. The Morgan fingerprint density at radius 1 is 1.44 bits per heavy atom. The predicted molar refractivity (Wildman–Crippen MR) is 71.0 cm³/mol. The van der Waals surface area contributed by atoms with Crippen LogP contribution in [0.15, 0.2) is 18.2 Å². The van der Waals surface area contributed by atoms with Gasteiger partial charge in [0.05, 0.1) is 6.61 Å². The van der Waals surface area contributed by atoms with Gasteiger partial charge in [-0.25, -0.2) is 0 Å². The first-order valence-corrected chi connectivity index (χ1v) is 6.83. The molecule has 1 aromatic carbocycles. The van der Waals surface area contributed by atoms with Gasteiger partial charge in [-0.1, -0.05) is 17.7 Å². The molecule has 3 rings (SSSR count). The molecule has 2 aliphatic rings. The molecular weight excluding hydrogens is 226 g/mol. The molecule has 1 unspecified atom stereocenters. The normalized spacial score (nSPS) is 24.2. The van der Waals surface area contributed by atoms with Crippen molar-refractivity contribution in [1.82, 2.24) is 5.32 Å². The van der Waals surface area contributed by atoms with Crippen LogP contribution in [-0.4, -0.2) is 29.9 Å². The predicted octanol–water partition coefficient (Wildman–Crippen LogP) is 1.80. The highest BCUT2D eigenvalue weighted by Crippen LogP contribution is 2.33. The van der Waals surface area contributed by atoms with E-state index in [1.807, 2.05) is 0 Å². The number of fused-ring (bicyclic) bond motifs is 1. The van der Waals surface area contributed by atoms with E-state index in [1.54, 1.807) is 0 Å². The van der Waals surface area contributed by atoms with Crippen LogP contribution in [0.4, 0.5) is 0 Å². The highest BCUT2D eigenvalue weighted by Gasteiger charge is 2.37. The van der Waals surface area contributed by atoms with Crippen LogP contribution in [0.2, 0.25) is 0 Å². The van der Waals surface area contributed by atoms with E-state index in [-0.39, 0.29) is 18.2 Å². The van der Waals surface area contributed by atoms with E-state index in [4.69, 9.17) is 4.74 Å². The molecule has 0 radical (unpaired) electrons. The third-order valence-electron chi connectivity index (χ3n) is 4.28. The minimum atomic E-state index is -0.0198. The van der Waals surface area contributed by atoms with Gasteiger partial charge in [0.25, 0.3) is 0 Å². The third-order valence-corrected chi connectivity index (χ3v) is 4.28.